The van der Waals surface area contributed by atoms with Gasteiger partial charge < -0.3 is 4.74 Å². The molecule has 1 atom stereocenters. The van der Waals surface area contributed by atoms with Crippen molar-refractivity contribution >= 4 is 5.71 Å². The van der Waals surface area contributed by atoms with Gasteiger partial charge in [-0.1, -0.05) is 0 Å². The molecule has 0 saturated carbocycles. The van der Waals surface area contributed by atoms with Crippen molar-refractivity contribution in [2.75, 3.05) is 13.6 Å². The molecule has 7 heteroatoms. The van der Waals surface area contributed by atoms with Crippen LogP contribution in [0.1, 0.15) is 6.92 Å². The van der Waals surface area contributed by atoms with E-state index in [1.54, 1.807) is 6.92 Å². The molecule has 1 unspecified atom stereocenters. The molecule has 86 valence electrons. The third-order valence-corrected chi connectivity index (χ3v) is 1.90. The predicted molar refractivity (Wildman–Crippen MR) is 57.3 cm³/mol. The molecule has 0 aromatic carbocycles. The minimum Gasteiger partial charge on any atom is -0.481 e. The fourth-order valence-corrected chi connectivity index (χ4v) is 1.13. The van der Waals surface area contributed by atoms with Gasteiger partial charge in [-0.05, 0) is 6.92 Å². The van der Waals surface area contributed by atoms with Crippen LogP contribution in [0, 0.1) is 10.1 Å². The summed E-state index contributed by atoms with van der Waals surface area (Å²) in [6.45, 7) is 1.37. The first-order valence-electron chi connectivity index (χ1n) is 4.62. The van der Waals surface area contributed by atoms with Gasteiger partial charge in [0.1, 0.15) is 18.1 Å². The molecular formula is C9H12N4O3. The number of nitro groups is 1. The highest BCUT2D eigenvalue weighted by Crippen LogP contribution is 2.08. The van der Waals surface area contributed by atoms with Crippen molar-refractivity contribution in [3.8, 4) is 5.75 Å². The van der Waals surface area contributed by atoms with Crippen molar-refractivity contribution < 1.29 is 9.66 Å². The smallest absolute Gasteiger partial charge is 0.244 e. The second kappa shape index (κ2) is 5.74. The van der Waals surface area contributed by atoms with Crippen molar-refractivity contribution in [1.82, 2.24) is 9.97 Å². The van der Waals surface area contributed by atoms with Crippen LogP contribution in [-0.4, -0.2) is 40.3 Å². The SMILES string of the molecule is CN=C(C[N+](=O)[O-])C(C)Oc1cncnc1. The second-order valence-electron chi connectivity index (χ2n) is 3.04. The lowest BCUT2D eigenvalue weighted by Gasteiger charge is -2.13. The van der Waals surface area contributed by atoms with E-state index in [0.29, 0.717) is 11.5 Å². The zero-order valence-corrected chi connectivity index (χ0v) is 9.03. The van der Waals surface area contributed by atoms with E-state index < -0.39 is 11.0 Å². The topological polar surface area (TPSA) is 90.5 Å². The molecule has 0 aliphatic heterocycles. The maximum atomic E-state index is 10.4. The number of aromatic nitrogens is 2. The van der Waals surface area contributed by atoms with Crippen molar-refractivity contribution in [1.29, 1.82) is 0 Å². The molecule has 0 aliphatic carbocycles. The first kappa shape index (κ1) is 12.0. The molecule has 1 rings (SSSR count). The van der Waals surface area contributed by atoms with Crippen molar-refractivity contribution in [3.05, 3.63) is 28.8 Å². The molecule has 1 aromatic heterocycles. The Labute approximate surface area is 92.4 Å². The average Bonchev–Trinajstić information content (AvgIpc) is 2.26. The second-order valence-corrected chi connectivity index (χ2v) is 3.04. The molecular weight excluding hydrogens is 212 g/mol. The highest BCUT2D eigenvalue weighted by atomic mass is 16.6. The minimum absolute atomic E-state index is 0.328. The van der Waals surface area contributed by atoms with E-state index in [-0.39, 0.29) is 6.54 Å². The fraction of sp³-hybridized carbons (Fsp3) is 0.444. The first-order chi connectivity index (χ1) is 7.63. The average molecular weight is 224 g/mol. The Balaban J connectivity index is 2.64. The van der Waals surface area contributed by atoms with Crippen molar-refractivity contribution in [3.63, 3.8) is 0 Å². The standard InChI is InChI=1S/C9H12N4O3/c1-7(9(10-2)5-13(14)15)16-8-3-11-6-12-4-8/h3-4,6-7H,5H2,1-2H3. The molecule has 7 nitrogen and oxygen atoms in total. The van der Waals surface area contributed by atoms with Gasteiger partial charge in [0.2, 0.25) is 6.54 Å². The van der Waals surface area contributed by atoms with Gasteiger partial charge in [0.15, 0.2) is 5.75 Å². The van der Waals surface area contributed by atoms with E-state index in [1.807, 2.05) is 0 Å². The zero-order chi connectivity index (χ0) is 12.0. The Morgan fingerprint density at radius 2 is 2.25 bits per heavy atom. The molecule has 0 spiro atoms. The first-order valence-corrected chi connectivity index (χ1v) is 4.62. The van der Waals surface area contributed by atoms with Gasteiger partial charge in [-0.25, -0.2) is 9.97 Å². The quantitative estimate of drug-likeness (QED) is 0.414. The summed E-state index contributed by atoms with van der Waals surface area (Å²) in [4.78, 5) is 21.3. The van der Waals surface area contributed by atoms with Gasteiger partial charge in [0, 0.05) is 12.0 Å². The van der Waals surface area contributed by atoms with Gasteiger partial charge in [-0.3, -0.25) is 15.1 Å². The molecule has 0 amide bonds. The van der Waals surface area contributed by atoms with Crippen LogP contribution >= 0.6 is 0 Å². The lowest BCUT2D eigenvalue weighted by molar-refractivity contribution is -0.463. The number of nitrogens with zero attached hydrogens (tertiary/aromatic N) is 4. The summed E-state index contributed by atoms with van der Waals surface area (Å²) >= 11 is 0. The molecule has 0 aliphatic rings. The van der Waals surface area contributed by atoms with Crippen LogP contribution in [0.15, 0.2) is 23.7 Å². The number of hydrogen-bond donors (Lipinski definition) is 0. The van der Waals surface area contributed by atoms with Gasteiger partial charge in [0.05, 0.1) is 12.4 Å². The maximum Gasteiger partial charge on any atom is 0.244 e. The Hall–Kier alpha value is -2.05. The molecule has 0 saturated heterocycles. The lowest BCUT2D eigenvalue weighted by atomic mass is 10.2. The van der Waals surface area contributed by atoms with E-state index in [4.69, 9.17) is 4.74 Å². The molecule has 0 bridgehead atoms. The van der Waals surface area contributed by atoms with Crippen LogP contribution in [0.5, 0.6) is 5.75 Å². The summed E-state index contributed by atoms with van der Waals surface area (Å²) in [6.07, 6.45) is 3.89. The van der Waals surface area contributed by atoms with Gasteiger partial charge in [0.25, 0.3) is 0 Å². The Bertz CT molecular complexity index is 380. The van der Waals surface area contributed by atoms with E-state index in [2.05, 4.69) is 15.0 Å². The minimum atomic E-state index is -0.471. The summed E-state index contributed by atoms with van der Waals surface area (Å²) < 4.78 is 5.41. The number of aliphatic imine (C=N–C) groups is 1. The van der Waals surface area contributed by atoms with E-state index in [1.165, 1.54) is 25.8 Å². The molecule has 16 heavy (non-hydrogen) atoms. The fourth-order valence-electron chi connectivity index (χ4n) is 1.13. The van der Waals surface area contributed by atoms with Crippen LogP contribution in [0.25, 0.3) is 0 Å². The van der Waals surface area contributed by atoms with Crippen LogP contribution in [0.4, 0.5) is 0 Å². The molecule has 0 fully saturated rings. The molecule has 0 radical (unpaired) electrons. The monoisotopic (exact) mass is 224 g/mol. The zero-order valence-electron chi connectivity index (χ0n) is 9.03. The number of hydrogen-bond acceptors (Lipinski definition) is 6. The molecule has 1 aromatic rings. The summed E-state index contributed by atoms with van der Waals surface area (Å²) in [5, 5.41) is 10.4. The van der Waals surface area contributed by atoms with Gasteiger partial charge >= 0.3 is 0 Å². The van der Waals surface area contributed by atoms with E-state index >= 15 is 0 Å². The molecule has 0 N–H and O–H groups in total. The van der Waals surface area contributed by atoms with Crippen LogP contribution in [0.2, 0.25) is 0 Å². The van der Waals surface area contributed by atoms with Crippen LogP contribution in [0.3, 0.4) is 0 Å². The largest absolute Gasteiger partial charge is 0.481 e. The summed E-state index contributed by atoms with van der Waals surface area (Å²) in [7, 11) is 1.50. The lowest BCUT2D eigenvalue weighted by Crippen LogP contribution is -2.30. The molecule has 1 heterocycles. The third kappa shape index (κ3) is 3.60. The van der Waals surface area contributed by atoms with Crippen molar-refractivity contribution in [2.45, 2.75) is 13.0 Å². The predicted octanol–water partition coefficient (Wildman–Crippen LogP) is 0.591. The highest BCUT2D eigenvalue weighted by molar-refractivity contribution is 5.89. The third-order valence-electron chi connectivity index (χ3n) is 1.90. The van der Waals surface area contributed by atoms with E-state index in [9.17, 15) is 10.1 Å². The Morgan fingerprint density at radius 1 is 1.62 bits per heavy atom. The Morgan fingerprint density at radius 3 is 2.75 bits per heavy atom. The highest BCUT2D eigenvalue weighted by Gasteiger charge is 2.17. The van der Waals surface area contributed by atoms with E-state index in [0.717, 1.165) is 0 Å². The maximum absolute atomic E-state index is 10.4. The van der Waals surface area contributed by atoms with Crippen LogP contribution in [-0.2, 0) is 0 Å². The Kier molecular flexibility index (Phi) is 4.31. The van der Waals surface area contributed by atoms with Gasteiger partial charge in [-0.2, -0.15) is 0 Å². The number of rotatable bonds is 5. The summed E-state index contributed by atoms with van der Waals surface area (Å²) in [6, 6.07) is 0. The van der Waals surface area contributed by atoms with Crippen LogP contribution < -0.4 is 4.74 Å². The van der Waals surface area contributed by atoms with Crippen molar-refractivity contribution in [2.24, 2.45) is 4.99 Å². The normalized spacial score (nSPS) is 13.2. The summed E-state index contributed by atoms with van der Waals surface area (Å²) in [5.41, 5.74) is 0.369. The van der Waals surface area contributed by atoms with Gasteiger partial charge in [-0.15, -0.1) is 0 Å². The number of ether oxygens (including phenoxy) is 1. The summed E-state index contributed by atoms with van der Waals surface area (Å²) in [5.74, 6) is 0.458.